The van der Waals surface area contributed by atoms with Crippen LogP contribution in [-0.4, -0.2) is 12.6 Å². The van der Waals surface area contributed by atoms with Crippen molar-refractivity contribution in [2.24, 2.45) is 11.8 Å². The van der Waals surface area contributed by atoms with Gasteiger partial charge in [-0.1, -0.05) is 45.6 Å². The molecule has 2 nitrogen and oxygen atoms in total. The molecule has 0 atom stereocenters. The molecule has 1 aliphatic carbocycles. The molecule has 0 aromatic carbocycles. The highest BCUT2D eigenvalue weighted by Gasteiger charge is 2.21. The predicted octanol–water partition coefficient (Wildman–Crippen LogP) is 4.10. The minimum absolute atomic E-state index is 0.238. The van der Waals surface area contributed by atoms with Crippen molar-refractivity contribution < 1.29 is 9.53 Å². The molecule has 17 heavy (non-hydrogen) atoms. The topological polar surface area (TPSA) is 26.3 Å². The molecule has 0 N–H and O–H groups in total. The first-order valence-electron chi connectivity index (χ1n) is 6.96. The fourth-order valence-corrected chi connectivity index (χ4v) is 2.50. The molecule has 0 aromatic heterocycles. The van der Waals surface area contributed by atoms with Crippen molar-refractivity contribution in [3.63, 3.8) is 0 Å². The molecule has 1 aliphatic rings. The summed E-state index contributed by atoms with van der Waals surface area (Å²) in [5, 5.41) is 0. The van der Waals surface area contributed by atoms with Gasteiger partial charge in [-0.25, -0.2) is 4.79 Å². The molecule has 0 spiro atoms. The summed E-state index contributed by atoms with van der Waals surface area (Å²) >= 11 is 0. The summed E-state index contributed by atoms with van der Waals surface area (Å²) in [6, 6.07) is 0. The molecule has 0 unspecified atom stereocenters. The first-order valence-corrected chi connectivity index (χ1v) is 6.96. The Hall–Kier alpha value is -0.790. The lowest BCUT2D eigenvalue weighted by Gasteiger charge is -2.28. The Balaban J connectivity index is 2.14. The molecule has 1 saturated carbocycles. The Labute approximate surface area is 105 Å². The number of carbonyl (C=O) groups is 1. The van der Waals surface area contributed by atoms with Gasteiger partial charge in [0, 0.05) is 5.57 Å². The van der Waals surface area contributed by atoms with E-state index in [9.17, 15) is 4.79 Å². The largest absolute Gasteiger partial charge is 0.462 e. The van der Waals surface area contributed by atoms with Gasteiger partial charge in [0.1, 0.15) is 0 Å². The quantitative estimate of drug-likeness (QED) is 0.514. The van der Waals surface area contributed by atoms with E-state index in [2.05, 4.69) is 13.5 Å². The minimum Gasteiger partial charge on any atom is -0.462 e. The third kappa shape index (κ3) is 5.38. The molecular weight excluding hydrogens is 212 g/mol. The van der Waals surface area contributed by atoms with Crippen LogP contribution in [0.3, 0.4) is 0 Å². The van der Waals surface area contributed by atoms with Crippen LogP contribution in [0.1, 0.15) is 58.8 Å². The number of ether oxygens (including phenoxy) is 1. The standard InChI is InChI=1S/C15H26O2/c1-4-5-6-13-7-9-14(10-8-13)11-17-15(16)12(2)3/h13-14H,2,4-11H2,1,3H3. The maximum atomic E-state index is 11.3. The van der Waals surface area contributed by atoms with Gasteiger partial charge in [-0.3, -0.25) is 0 Å². The molecule has 0 aromatic rings. The molecule has 0 bridgehead atoms. The zero-order valence-electron chi connectivity index (χ0n) is 11.3. The average Bonchev–Trinajstić information content (AvgIpc) is 2.34. The van der Waals surface area contributed by atoms with Crippen LogP contribution in [0.4, 0.5) is 0 Å². The molecule has 1 rings (SSSR count). The normalized spacial score (nSPS) is 24.4. The lowest BCUT2D eigenvalue weighted by molar-refractivity contribution is -0.140. The van der Waals surface area contributed by atoms with Crippen LogP contribution in [0.25, 0.3) is 0 Å². The molecule has 0 amide bonds. The van der Waals surface area contributed by atoms with Gasteiger partial charge in [0.25, 0.3) is 0 Å². The van der Waals surface area contributed by atoms with E-state index < -0.39 is 0 Å². The Bertz CT molecular complexity index is 250. The second kappa shape index (κ2) is 7.52. The van der Waals surface area contributed by atoms with Crippen molar-refractivity contribution in [1.82, 2.24) is 0 Å². The summed E-state index contributed by atoms with van der Waals surface area (Å²) in [4.78, 5) is 11.3. The molecule has 2 heteroatoms. The van der Waals surface area contributed by atoms with Crippen molar-refractivity contribution in [2.75, 3.05) is 6.61 Å². The first-order chi connectivity index (χ1) is 8.13. The summed E-state index contributed by atoms with van der Waals surface area (Å²) in [5.74, 6) is 1.26. The van der Waals surface area contributed by atoms with E-state index in [1.165, 1.54) is 44.9 Å². The average molecular weight is 238 g/mol. The minimum atomic E-state index is -0.238. The van der Waals surface area contributed by atoms with E-state index >= 15 is 0 Å². The van der Waals surface area contributed by atoms with Gasteiger partial charge >= 0.3 is 5.97 Å². The van der Waals surface area contributed by atoms with Crippen LogP contribution in [0.15, 0.2) is 12.2 Å². The zero-order chi connectivity index (χ0) is 12.7. The third-order valence-corrected chi connectivity index (χ3v) is 3.73. The molecule has 0 aliphatic heterocycles. The summed E-state index contributed by atoms with van der Waals surface area (Å²) in [7, 11) is 0. The highest BCUT2D eigenvalue weighted by atomic mass is 16.5. The summed E-state index contributed by atoms with van der Waals surface area (Å²) in [6.07, 6.45) is 9.12. The zero-order valence-corrected chi connectivity index (χ0v) is 11.3. The van der Waals surface area contributed by atoms with E-state index in [-0.39, 0.29) is 5.97 Å². The second-order valence-corrected chi connectivity index (χ2v) is 5.41. The van der Waals surface area contributed by atoms with Gasteiger partial charge in [-0.05, 0) is 31.6 Å². The van der Waals surface area contributed by atoms with Gasteiger partial charge < -0.3 is 4.74 Å². The van der Waals surface area contributed by atoms with Crippen LogP contribution in [0.2, 0.25) is 0 Å². The van der Waals surface area contributed by atoms with Gasteiger partial charge in [-0.2, -0.15) is 0 Å². The lowest BCUT2D eigenvalue weighted by Crippen LogP contribution is -2.20. The van der Waals surface area contributed by atoms with E-state index in [1.807, 2.05) is 0 Å². The fraction of sp³-hybridized carbons (Fsp3) is 0.800. The van der Waals surface area contributed by atoms with E-state index in [0.29, 0.717) is 18.1 Å². The molecule has 0 saturated heterocycles. The Morgan fingerprint density at radius 2 is 1.82 bits per heavy atom. The smallest absolute Gasteiger partial charge is 0.333 e. The predicted molar refractivity (Wildman–Crippen MR) is 70.7 cm³/mol. The summed E-state index contributed by atoms with van der Waals surface area (Å²) < 4.78 is 5.22. The highest BCUT2D eigenvalue weighted by molar-refractivity contribution is 5.86. The summed E-state index contributed by atoms with van der Waals surface area (Å²) in [6.45, 7) is 8.13. The first kappa shape index (κ1) is 14.3. The fourth-order valence-electron chi connectivity index (χ4n) is 2.50. The van der Waals surface area contributed by atoms with Crippen LogP contribution in [-0.2, 0) is 9.53 Å². The maximum Gasteiger partial charge on any atom is 0.333 e. The van der Waals surface area contributed by atoms with E-state index in [4.69, 9.17) is 4.74 Å². The van der Waals surface area contributed by atoms with Crippen molar-refractivity contribution in [3.05, 3.63) is 12.2 Å². The van der Waals surface area contributed by atoms with E-state index in [1.54, 1.807) is 6.92 Å². The van der Waals surface area contributed by atoms with Gasteiger partial charge in [0.2, 0.25) is 0 Å². The third-order valence-electron chi connectivity index (χ3n) is 3.73. The van der Waals surface area contributed by atoms with E-state index in [0.717, 1.165) is 5.92 Å². The van der Waals surface area contributed by atoms with Crippen molar-refractivity contribution >= 4 is 5.97 Å². The molecule has 0 radical (unpaired) electrons. The number of carbonyl (C=O) groups excluding carboxylic acids is 1. The van der Waals surface area contributed by atoms with Crippen LogP contribution in [0, 0.1) is 11.8 Å². The van der Waals surface area contributed by atoms with Gasteiger partial charge in [0.05, 0.1) is 6.61 Å². The Morgan fingerprint density at radius 1 is 1.24 bits per heavy atom. The monoisotopic (exact) mass is 238 g/mol. The second-order valence-electron chi connectivity index (χ2n) is 5.41. The van der Waals surface area contributed by atoms with Crippen LogP contribution in [0.5, 0.6) is 0 Å². The van der Waals surface area contributed by atoms with Gasteiger partial charge in [0.15, 0.2) is 0 Å². The van der Waals surface area contributed by atoms with Crippen LogP contribution < -0.4 is 0 Å². The molecule has 1 fully saturated rings. The molecule has 98 valence electrons. The SMILES string of the molecule is C=C(C)C(=O)OCC1CCC(CCCC)CC1. The lowest BCUT2D eigenvalue weighted by atomic mass is 9.80. The van der Waals surface area contributed by atoms with Crippen molar-refractivity contribution in [2.45, 2.75) is 58.8 Å². The number of hydrogen-bond donors (Lipinski definition) is 0. The number of hydrogen-bond acceptors (Lipinski definition) is 2. The molecular formula is C15H26O2. The number of rotatable bonds is 6. The molecule has 0 heterocycles. The van der Waals surface area contributed by atoms with Crippen molar-refractivity contribution in [1.29, 1.82) is 0 Å². The highest BCUT2D eigenvalue weighted by Crippen LogP contribution is 2.32. The van der Waals surface area contributed by atoms with Gasteiger partial charge in [-0.15, -0.1) is 0 Å². The summed E-state index contributed by atoms with van der Waals surface area (Å²) in [5.41, 5.74) is 0.502. The maximum absolute atomic E-state index is 11.3. The van der Waals surface area contributed by atoms with Crippen LogP contribution >= 0.6 is 0 Å². The number of esters is 1. The number of unbranched alkanes of at least 4 members (excludes halogenated alkanes) is 1. The Morgan fingerprint density at radius 3 is 2.35 bits per heavy atom. The van der Waals surface area contributed by atoms with Crippen molar-refractivity contribution in [3.8, 4) is 0 Å². The Kier molecular flexibility index (Phi) is 6.31.